The Bertz CT molecular complexity index is 1080. The van der Waals surface area contributed by atoms with E-state index in [0.717, 1.165) is 37.8 Å². The zero-order valence-corrected chi connectivity index (χ0v) is 15.6. The normalized spacial score (nSPS) is 10.7. The number of hydrogen-bond donors (Lipinski definition) is 3. The van der Waals surface area contributed by atoms with Gasteiger partial charge in [0.25, 0.3) is 0 Å². The summed E-state index contributed by atoms with van der Waals surface area (Å²) in [5.41, 5.74) is 3.77. The summed E-state index contributed by atoms with van der Waals surface area (Å²) in [7, 11) is 0. The van der Waals surface area contributed by atoms with Gasteiger partial charge in [0.05, 0.1) is 0 Å². The van der Waals surface area contributed by atoms with E-state index in [2.05, 4.69) is 20.0 Å². The maximum Gasteiger partial charge on any atom is 0.212 e. The molecule has 5 nitrogen and oxygen atoms in total. The average molecular weight is 395 g/mol. The lowest BCUT2D eigenvalue weighted by Gasteiger charge is -2.09. The number of amides is 1. The van der Waals surface area contributed by atoms with Crippen molar-refractivity contribution in [3.05, 3.63) is 71.9 Å². The van der Waals surface area contributed by atoms with Crippen molar-refractivity contribution in [3.63, 3.8) is 0 Å². The second-order valence-electron chi connectivity index (χ2n) is 5.79. The van der Waals surface area contributed by atoms with Crippen LogP contribution in [0.2, 0.25) is 5.02 Å². The van der Waals surface area contributed by atoms with Gasteiger partial charge >= 0.3 is 0 Å². The zero-order valence-electron chi connectivity index (χ0n) is 14.1. The maximum absolute atomic E-state index is 10.8. The minimum absolute atomic E-state index is 0.510. The molecule has 0 unspecified atom stereocenters. The summed E-state index contributed by atoms with van der Waals surface area (Å²) in [5.74, 6) is 0.510. The van der Waals surface area contributed by atoms with Crippen LogP contribution in [0.25, 0.3) is 22.2 Å². The Kier molecular flexibility index (Phi) is 5.00. The Hall–Kier alpha value is -2.96. The summed E-state index contributed by atoms with van der Waals surface area (Å²) in [6.07, 6.45) is 2.46. The summed E-state index contributed by atoms with van der Waals surface area (Å²) in [6, 6.07) is 19.6. The third-order valence-electron chi connectivity index (χ3n) is 4.03. The first-order valence-corrected chi connectivity index (χ1v) is 9.39. The summed E-state index contributed by atoms with van der Waals surface area (Å²) in [6.45, 7) is 0. The van der Waals surface area contributed by atoms with Gasteiger partial charge in [0.1, 0.15) is 11.5 Å². The molecule has 3 N–H and O–H groups in total. The second-order valence-corrected chi connectivity index (χ2v) is 7.11. The van der Waals surface area contributed by atoms with Gasteiger partial charge in [-0.1, -0.05) is 23.7 Å². The van der Waals surface area contributed by atoms with E-state index in [1.54, 1.807) is 0 Å². The fourth-order valence-corrected chi connectivity index (χ4v) is 3.52. The van der Waals surface area contributed by atoms with Crippen LogP contribution in [-0.4, -0.2) is 16.4 Å². The van der Waals surface area contributed by atoms with Gasteiger partial charge in [-0.15, -0.1) is 0 Å². The number of rotatable bonds is 6. The predicted molar refractivity (Wildman–Crippen MR) is 112 cm³/mol. The van der Waals surface area contributed by atoms with Crippen LogP contribution in [0.15, 0.2) is 71.8 Å². The van der Waals surface area contributed by atoms with Gasteiger partial charge in [0, 0.05) is 27.2 Å². The van der Waals surface area contributed by atoms with Crippen LogP contribution in [0.5, 0.6) is 0 Å². The molecule has 4 rings (SSSR count). The molecular weight excluding hydrogens is 380 g/mol. The van der Waals surface area contributed by atoms with Crippen molar-refractivity contribution in [1.29, 1.82) is 0 Å². The first kappa shape index (κ1) is 17.5. The molecule has 0 radical (unpaired) electrons. The van der Waals surface area contributed by atoms with Gasteiger partial charge in [-0.2, -0.15) is 0 Å². The number of carbonyl (C=O) groups is 1. The lowest BCUT2D eigenvalue weighted by atomic mass is 10.0. The number of aromatic amines is 1. The SMILES string of the molecule is O=CNc1cc(-c2ccc(NSc3ccc(Cl)cc3)cc2)c2cc[nH]c2n1. The van der Waals surface area contributed by atoms with Crippen molar-refractivity contribution < 1.29 is 4.79 Å². The highest BCUT2D eigenvalue weighted by molar-refractivity contribution is 8.00. The Morgan fingerprint density at radius 2 is 1.81 bits per heavy atom. The fraction of sp³-hybridized carbons (Fsp3) is 0. The molecule has 2 aromatic carbocycles. The minimum atomic E-state index is 0.510. The van der Waals surface area contributed by atoms with Gasteiger partial charge < -0.3 is 15.0 Å². The molecule has 27 heavy (non-hydrogen) atoms. The highest BCUT2D eigenvalue weighted by Crippen LogP contribution is 2.31. The molecule has 0 bridgehead atoms. The number of halogens is 1. The number of hydrogen-bond acceptors (Lipinski definition) is 4. The van der Waals surface area contributed by atoms with Crippen molar-refractivity contribution in [1.82, 2.24) is 9.97 Å². The van der Waals surface area contributed by atoms with E-state index >= 15 is 0 Å². The van der Waals surface area contributed by atoms with Crippen LogP contribution in [0.1, 0.15) is 0 Å². The number of anilines is 2. The third kappa shape index (κ3) is 3.92. The van der Waals surface area contributed by atoms with Crippen LogP contribution in [0.4, 0.5) is 11.5 Å². The van der Waals surface area contributed by atoms with E-state index in [1.165, 1.54) is 11.9 Å². The Balaban J connectivity index is 1.56. The van der Waals surface area contributed by atoms with Gasteiger partial charge in [-0.05, 0) is 71.6 Å². The van der Waals surface area contributed by atoms with Crippen molar-refractivity contribution in [3.8, 4) is 11.1 Å². The monoisotopic (exact) mass is 394 g/mol. The van der Waals surface area contributed by atoms with Crippen molar-refractivity contribution in [2.75, 3.05) is 10.0 Å². The molecule has 0 fully saturated rings. The van der Waals surface area contributed by atoms with Gasteiger partial charge in [0.15, 0.2) is 0 Å². The highest BCUT2D eigenvalue weighted by atomic mass is 35.5. The van der Waals surface area contributed by atoms with Gasteiger partial charge in [0.2, 0.25) is 6.41 Å². The first-order chi connectivity index (χ1) is 13.2. The molecule has 4 aromatic rings. The van der Waals surface area contributed by atoms with Crippen molar-refractivity contribution in [2.24, 2.45) is 0 Å². The fourth-order valence-electron chi connectivity index (χ4n) is 2.75. The molecule has 0 aliphatic carbocycles. The number of nitrogens with one attached hydrogen (secondary N) is 3. The summed E-state index contributed by atoms with van der Waals surface area (Å²) in [5, 5.41) is 4.34. The van der Waals surface area contributed by atoms with E-state index in [-0.39, 0.29) is 0 Å². The number of aromatic nitrogens is 2. The quantitative estimate of drug-likeness (QED) is 0.295. The molecule has 2 heterocycles. The van der Waals surface area contributed by atoms with E-state index in [0.29, 0.717) is 12.2 Å². The summed E-state index contributed by atoms with van der Waals surface area (Å²) < 4.78 is 3.32. The molecule has 0 saturated heterocycles. The largest absolute Gasteiger partial charge is 0.346 e. The van der Waals surface area contributed by atoms with Crippen LogP contribution in [0, 0.1) is 0 Å². The maximum atomic E-state index is 10.8. The highest BCUT2D eigenvalue weighted by Gasteiger charge is 2.09. The predicted octanol–water partition coefficient (Wildman–Crippen LogP) is 5.57. The molecule has 2 aromatic heterocycles. The van der Waals surface area contributed by atoms with Crippen molar-refractivity contribution >= 4 is 52.5 Å². The summed E-state index contributed by atoms with van der Waals surface area (Å²) >= 11 is 7.43. The Morgan fingerprint density at radius 1 is 1.04 bits per heavy atom. The van der Waals surface area contributed by atoms with Crippen LogP contribution < -0.4 is 10.0 Å². The molecular formula is C20H15ClN4OS. The standard InChI is InChI=1S/C20H15ClN4OS/c21-14-3-7-16(8-4-14)27-25-15-5-1-13(2-6-15)18-11-19(23-12-26)24-20-17(18)9-10-22-20/h1-12,25H,(H2,22,23,24,26). The molecule has 0 aliphatic rings. The van der Waals surface area contributed by atoms with Crippen LogP contribution >= 0.6 is 23.5 Å². The molecule has 1 amide bonds. The summed E-state index contributed by atoms with van der Waals surface area (Å²) in [4.78, 5) is 19.3. The van der Waals surface area contributed by atoms with E-state index in [1.807, 2.05) is 66.9 Å². The number of nitrogens with zero attached hydrogens (tertiary/aromatic N) is 1. The number of H-pyrrole nitrogens is 1. The molecule has 134 valence electrons. The van der Waals surface area contributed by atoms with Gasteiger partial charge in [-0.25, -0.2) is 4.98 Å². The zero-order chi connectivity index (χ0) is 18.6. The Morgan fingerprint density at radius 3 is 2.56 bits per heavy atom. The topological polar surface area (TPSA) is 69.8 Å². The Labute approximate surface area is 165 Å². The first-order valence-electron chi connectivity index (χ1n) is 8.20. The van der Waals surface area contributed by atoms with E-state index in [4.69, 9.17) is 11.6 Å². The van der Waals surface area contributed by atoms with E-state index in [9.17, 15) is 4.79 Å². The molecule has 0 saturated carbocycles. The number of benzene rings is 2. The lowest BCUT2D eigenvalue weighted by Crippen LogP contribution is -1.97. The smallest absolute Gasteiger partial charge is 0.212 e. The number of carbonyl (C=O) groups excluding carboxylic acids is 1. The molecule has 0 atom stereocenters. The van der Waals surface area contributed by atoms with Crippen LogP contribution in [-0.2, 0) is 4.79 Å². The van der Waals surface area contributed by atoms with Crippen LogP contribution in [0.3, 0.4) is 0 Å². The lowest BCUT2D eigenvalue weighted by molar-refractivity contribution is -0.105. The third-order valence-corrected chi connectivity index (χ3v) is 5.13. The molecule has 0 spiro atoms. The molecule has 0 aliphatic heterocycles. The minimum Gasteiger partial charge on any atom is -0.346 e. The average Bonchev–Trinajstić information content (AvgIpc) is 3.16. The molecule has 7 heteroatoms. The van der Waals surface area contributed by atoms with Crippen molar-refractivity contribution in [2.45, 2.75) is 4.90 Å². The van der Waals surface area contributed by atoms with E-state index < -0.39 is 0 Å². The van der Waals surface area contributed by atoms with Gasteiger partial charge in [-0.3, -0.25) is 4.79 Å². The number of pyridine rings is 1. The second kappa shape index (κ2) is 7.73. The number of fused-ring (bicyclic) bond motifs is 1.